The molecule has 2 N–H and O–H groups in total. The molecule has 0 aliphatic carbocycles. The second-order valence-electron chi connectivity index (χ2n) is 5.49. The molecule has 1 fully saturated rings. The van der Waals surface area contributed by atoms with E-state index < -0.39 is 10.0 Å². The quantitative estimate of drug-likeness (QED) is 0.861. The molecule has 0 bridgehead atoms. The van der Waals surface area contributed by atoms with E-state index in [1.807, 2.05) is 20.8 Å². The third kappa shape index (κ3) is 2.49. The molecule has 2 unspecified atom stereocenters. The van der Waals surface area contributed by atoms with Gasteiger partial charge in [-0.15, -0.1) is 0 Å². The van der Waals surface area contributed by atoms with E-state index >= 15 is 0 Å². The summed E-state index contributed by atoms with van der Waals surface area (Å²) >= 11 is 0. The minimum atomic E-state index is -3.53. The maximum atomic E-state index is 12.9. The van der Waals surface area contributed by atoms with Crippen LogP contribution < -0.4 is 5.32 Å². The van der Waals surface area contributed by atoms with Crippen LogP contribution in [0.1, 0.15) is 44.4 Å². The molecule has 114 valence electrons. The van der Waals surface area contributed by atoms with Gasteiger partial charge in [-0.1, -0.05) is 6.92 Å². The summed E-state index contributed by atoms with van der Waals surface area (Å²) in [7, 11) is -1.73. The molecule has 0 spiro atoms. The summed E-state index contributed by atoms with van der Waals surface area (Å²) in [5.41, 5.74) is 1.54. The Bertz CT molecular complexity index is 567. The SMILES string of the molecule is CCC1CCC(C)N1S(=O)(=O)c1n[nH]c(C)c1CNC. The maximum absolute atomic E-state index is 12.9. The molecule has 1 saturated heterocycles. The number of nitrogens with one attached hydrogen (secondary N) is 2. The van der Waals surface area contributed by atoms with Gasteiger partial charge in [-0.05, 0) is 40.2 Å². The van der Waals surface area contributed by atoms with Crippen molar-refractivity contribution in [2.75, 3.05) is 7.05 Å². The van der Waals surface area contributed by atoms with E-state index in [9.17, 15) is 8.42 Å². The average molecular weight is 300 g/mol. The largest absolute Gasteiger partial charge is 0.316 e. The Hall–Kier alpha value is -0.920. The molecule has 1 aromatic rings. The third-order valence-electron chi connectivity index (χ3n) is 4.09. The summed E-state index contributed by atoms with van der Waals surface area (Å²) in [6.07, 6.45) is 2.69. The van der Waals surface area contributed by atoms with Crippen molar-refractivity contribution in [2.45, 2.75) is 63.7 Å². The Labute approximate surface area is 121 Å². The Kier molecular flexibility index (Phi) is 4.51. The highest BCUT2D eigenvalue weighted by Gasteiger charge is 2.41. The van der Waals surface area contributed by atoms with Gasteiger partial charge in [0.1, 0.15) is 0 Å². The topological polar surface area (TPSA) is 78.1 Å². The predicted octanol–water partition coefficient (Wildman–Crippen LogP) is 1.39. The van der Waals surface area contributed by atoms with Gasteiger partial charge >= 0.3 is 0 Å². The molecule has 6 nitrogen and oxygen atoms in total. The van der Waals surface area contributed by atoms with Crippen molar-refractivity contribution in [1.82, 2.24) is 19.8 Å². The van der Waals surface area contributed by atoms with Crippen LogP contribution in [0.2, 0.25) is 0 Å². The maximum Gasteiger partial charge on any atom is 0.263 e. The van der Waals surface area contributed by atoms with Gasteiger partial charge in [0.15, 0.2) is 5.03 Å². The molecule has 0 aromatic carbocycles. The molecule has 1 aliphatic heterocycles. The van der Waals surface area contributed by atoms with Crippen LogP contribution in [0.5, 0.6) is 0 Å². The molecule has 0 amide bonds. The zero-order valence-electron chi connectivity index (χ0n) is 12.6. The lowest BCUT2D eigenvalue weighted by Crippen LogP contribution is -2.40. The van der Waals surface area contributed by atoms with Crippen molar-refractivity contribution < 1.29 is 8.42 Å². The number of hydrogen-bond acceptors (Lipinski definition) is 4. The molecular formula is C13H24N4O2S. The monoisotopic (exact) mass is 300 g/mol. The summed E-state index contributed by atoms with van der Waals surface area (Å²) in [5, 5.41) is 10.0. The fourth-order valence-electron chi connectivity index (χ4n) is 2.99. The first-order valence-corrected chi connectivity index (χ1v) is 8.59. The predicted molar refractivity (Wildman–Crippen MR) is 77.9 cm³/mol. The summed E-state index contributed by atoms with van der Waals surface area (Å²) < 4.78 is 27.5. The van der Waals surface area contributed by atoms with Crippen molar-refractivity contribution >= 4 is 10.0 Å². The number of sulfonamides is 1. The Balaban J connectivity index is 2.44. The molecule has 1 aromatic heterocycles. The Morgan fingerprint density at radius 1 is 1.45 bits per heavy atom. The van der Waals surface area contributed by atoms with E-state index in [1.54, 1.807) is 11.4 Å². The van der Waals surface area contributed by atoms with Crippen LogP contribution in [0, 0.1) is 6.92 Å². The van der Waals surface area contributed by atoms with Crippen molar-refractivity contribution in [3.8, 4) is 0 Å². The van der Waals surface area contributed by atoms with Crippen LogP contribution in [-0.4, -0.2) is 42.1 Å². The van der Waals surface area contributed by atoms with Crippen LogP contribution in [0.3, 0.4) is 0 Å². The van der Waals surface area contributed by atoms with Crippen molar-refractivity contribution in [3.05, 3.63) is 11.3 Å². The van der Waals surface area contributed by atoms with Crippen LogP contribution in [0.4, 0.5) is 0 Å². The van der Waals surface area contributed by atoms with Gasteiger partial charge in [0, 0.05) is 29.9 Å². The van der Waals surface area contributed by atoms with Crippen LogP contribution >= 0.6 is 0 Å². The lowest BCUT2D eigenvalue weighted by molar-refractivity contribution is 0.327. The first kappa shape index (κ1) is 15.5. The lowest BCUT2D eigenvalue weighted by atomic mass is 10.2. The van der Waals surface area contributed by atoms with E-state index in [2.05, 4.69) is 15.5 Å². The third-order valence-corrected chi connectivity index (χ3v) is 6.13. The van der Waals surface area contributed by atoms with E-state index in [-0.39, 0.29) is 17.1 Å². The highest BCUT2D eigenvalue weighted by molar-refractivity contribution is 7.89. The van der Waals surface area contributed by atoms with Gasteiger partial charge in [0.2, 0.25) is 0 Å². The van der Waals surface area contributed by atoms with Gasteiger partial charge in [-0.3, -0.25) is 5.10 Å². The standard InChI is InChI=1S/C13H24N4O2S/c1-5-11-7-6-9(2)17(11)20(18,19)13-12(8-14-4)10(3)15-16-13/h9,11,14H,5-8H2,1-4H3,(H,15,16). The van der Waals surface area contributed by atoms with Crippen LogP contribution in [0.25, 0.3) is 0 Å². The van der Waals surface area contributed by atoms with Gasteiger partial charge in [0.05, 0.1) is 0 Å². The summed E-state index contributed by atoms with van der Waals surface area (Å²) in [6, 6.07) is 0.138. The molecular weight excluding hydrogens is 276 g/mol. The highest BCUT2D eigenvalue weighted by atomic mass is 32.2. The number of aromatic amines is 1. The number of rotatable bonds is 5. The van der Waals surface area contributed by atoms with Crippen LogP contribution in [0.15, 0.2) is 5.03 Å². The summed E-state index contributed by atoms with van der Waals surface area (Å²) in [6.45, 7) is 6.36. The first-order valence-electron chi connectivity index (χ1n) is 7.15. The summed E-state index contributed by atoms with van der Waals surface area (Å²) in [5.74, 6) is 0. The molecule has 20 heavy (non-hydrogen) atoms. The molecule has 2 heterocycles. The zero-order chi connectivity index (χ0) is 14.9. The van der Waals surface area contributed by atoms with E-state index in [0.29, 0.717) is 6.54 Å². The molecule has 7 heteroatoms. The first-order chi connectivity index (χ1) is 9.43. The Morgan fingerprint density at radius 2 is 2.15 bits per heavy atom. The van der Waals surface area contributed by atoms with E-state index in [4.69, 9.17) is 0 Å². The fourth-order valence-corrected chi connectivity index (χ4v) is 5.12. The molecule has 0 radical (unpaired) electrons. The van der Waals surface area contributed by atoms with Crippen molar-refractivity contribution in [3.63, 3.8) is 0 Å². The summed E-state index contributed by atoms with van der Waals surface area (Å²) in [4.78, 5) is 0. The normalized spacial score (nSPS) is 24.4. The van der Waals surface area contributed by atoms with Crippen molar-refractivity contribution in [2.24, 2.45) is 0 Å². The number of aromatic nitrogens is 2. The van der Waals surface area contributed by atoms with E-state index in [0.717, 1.165) is 30.5 Å². The number of hydrogen-bond donors (Lipinski definition) is 2. The second kappa shape index (κ2) is 5.83. The van der Waals surface area contributed by atoms with Gasteiger partial charge in [-0.2, -0.15) is 9.40 Å². The molecule has 2 rings (SSSR count). The average Bonchev–Trinajstić information content (AvgIpc) is 2.95. The van der Waals surface area contributed by atoms with Gasteiger partial charge in [-0.25, -0.2) is 8.42 Å². The fraction of sp³-hybridized carbons (Fsp3) is 0.769. The zero-order valence-corrected chi connectivity index (χ0v) is 13.4. The van der Waals surface area contributed by atoms with E-state index in [1.165, 1.54) is 0 Å². The number of H-pyrrole nitrogens is 1. The van der Waals surface area contributed by atoms with Gasteiger partial charge < -0.3 is 5.32 Å². The lowest BCUT2D eigenvalue weighted by Gasteiger charge is -2.26. The number of nitrogens with zero attached hydrogens (tertiary/aromatic N) is 2. The second-order valence-corrected chi connectivity index (χ2v) is 7.24. The van der Waals surface area contributed by atoms with Crippen molar-refractivity contribution in [1.29, 1.82) is 0 Å². The minimum Gasteiger partial charge on any atom is -0.316 e. The molecule has 1 aliphatic rings. The Morgan fingerprint density at radius 3 is 2.75 bits per heavy atom. The molecule has 0 saturated carbocycles. The highest BCUT2D eigenvalue weighted by Crippen LogP contribution is 2.33. The molecule has 2 atom stereocenters. The van der Waals surface area contributed by atoms with Crippen LogP contribution in [-0.2, 0) is 16.6 Å². The number of aryl methyl sites for hydroxylation is 1. The minimum absolute atomic E-state index is 0.0457. The van der Waals surface area contributed by atoms with Gasteiger partial charge in [0.25, 0.3) is 10.0 Å². The smallest absolute Gasteiger partial charge is 0.263 e.